The van der Waals surface area contributed by atoms with Gasteiger partial charge in [0.2, 0.25) is 4.91 Å². The second kappa shape index (κ2) is 12.0. The van der Waals surface area contributed by atoms with Crippen LogP contribution in [0, 0.1) is 12.5 Å². The maximum atomic E-state index is 12.3. The third-order valence-electron chi connectivity index (χ3n) is 5.56. The van der Waals surface area contributed by atoms with E-state index in [1.807, 2.05) is 0 Å². The summed E-state index contributed by atoms with van der Waals surface area (Å²) < 4.78 is 49.0. The van der Waals surface area contributed by atoms with Crippen LogP contribution >= 0.6 is 15.6 Å². The van der Waals surface area contributed by atoms with Crippen molar-refractivity contribution in [2.24, 2.45) is 5.11 Å². The van der Waals surface area contributed by atoms with Crippen LogP contribution in [-0.2, 0) is 32.2 Å². The second-order valence-corrected chi connectivity index (χ2v) is 11.1. The standard InChI is InChI=1S/C16H25N5O15P2/c1-6-4-21(16(26)19-14(6)25)10-2-7(9(33-10)5-32-38(30,31)36-37(27,28)29)34-15-13(24)12(23)11(22)8(35-15)3-18-20-17/h4,7-13,15,17,22-24H,2-3,5H2,1H3,(H3-,19,25,26,27,28,29,30,31)/p+1/t7-,8-,9+,10+,11-,12+,13-,15?/m1/s1. The Bertz CT molecular complexity index is 1260. The van der Waals surface area contributed by atoms with Gasteiger partial charge in [0.05, 0.1) is 12.7 Å². The lowest BCUT2D eigenvalue weighted by molar-refractivity contribution is -0.308. The molecule has 20 nitrogen and oxygen atoms in total. The predicted molar refractivity (Wildman–Crippen MR) is 117 cm³/mol. The van der Waals surface area contributed by atoms with E-state index in [2.05, 4.69) is 23.8 Å². The number of aryl methyl sites for hydroxylation is 1. The summed E-state index contributed by atoms with van der Waals surface area (Å²) in [5.41, 5.74) is 5.33. The third-order valence-corrected chi connectivity index (χ3v) is 7.71. The topological polar surface area (TPSA) is 307 Å². The van der Waals surface area contributed by atoms with Gasteiger partial charge in [-0.3, -0.25) is 18.9 Å². The Balaban J connectivity index is 1.85. The highest BCUT2D eigenvalue weighted by molar-refractivity contribution is 7.60. The Morgan fingerprint density at radius 2 is 1.84 bits per heavy atom. The highest BCUT2D eigenvalue weighted by atomic mass is 31.3. The summed E-state index contributed by atoms with van der Waals surface area (Å²) in [4.78, 5) is 56.1. The van der Waals surface area contributed by atoms with E-state index in [4.69, 9.17) is 29.5 Å². The second-order valence-electron chi connectivity index (χ2n) is 8.29. The monoisotopic (exact) mass is 590 g/mol. The fraction of sp³-hybridized carbons (Fsp3) is 0.750. The Hall–Kier alpha value is -1.99. The van der Waals surface area contributed by atoms with E-state index in [0.717, 1.165) is 4.57 Å². The van der Waals surface area contributed by atoms with Crippen LogP contribution in [0.5, 0.6) is 0 Å². The molecule has 0 aromatic carbocycles. The van der Waals surface area contributed by atoms with Gasteiger partial charge in [-0.25, -0.2) is 13.9 Å². The number of rotatable bonds is 10. The molecule has 22 heteroatoms. The number of aliphatic hydroxyl groups is 3. The van der Waals surface area contributed by atoms with Crippen LogP contribution in [0.1, 0.15) is 18.2 Å². The molecule has 0 spiro atoms. The van der Waals surface area contributed by atoms with Gasteiger partial charge >= 0.3 is 21.3 Å². The summed E-state index contributed by atoms with van der Waals surface area (Å²) in [5.74, 6) is 0. The van der Waals surface area contributed by atoms with Gasteiger partial charge in [-0.05, 0) is 6.92 Å². The number of nitrogens with zero attached hydrogens (tertiary/aromatic N) is 3. The van der Waals surface area contributed by atoms with Crippen molar-refractivity contribution in [1.82, 2.24) is 14.5 Å². The Morgan fingerprint density at radius 1 is 1.16 bits per heavy atom. The molecular weight excluding hydrogens is 564 g/mol. The van der Waals surface area contributed by atoms with E-state index in [9.17, 15) is 38.9 Å². The van der Waals surface area contributed by atoms with E-state index in [1.165, 1.54) is 13.1 Å². The van der Waals surface area contributed by atoms with Crippen LogP contribution in [0.3, 0.4) is 0 Å². The van der Waals surface area contributed by atoms with Crippen LogP contribution in [0.2, 0.25) is 0 Å². The summed E-state index contributed by atoms with van der Waals surface area (Å²) >= 11 is 0. The van der Waals surface area contributed by atoms with Crippen molar-refractivity contribution in [1.29, 1.82) is 5.53 Å². The van der Waals surface area contributed by atoms with Gasteiger partial charge in [-0.15, -0.1) is 0 Å². The van der Waals surface area contributed by atoms with E-state index in [1.54, 1.807) is 0 Å². The summed E-state index contributed by atoms with van der Waals surface area (Å²) in [5, 5.41) is 34.0. The number of ether oxygens (including phenoxy) is 3. The summed E-state index contributed by atoms with van der Waals surface area (Å²) in [6, 6.07) is 0. The smallest absolute Gasteiger partial charge is 0.388 e. The average molecular weight is 590 g/mol. The van der Waals surface area contributed by atoms with Crippen molar-refractivity contribution < 1.29 is 62.2 Å². The van der Waals surface area contributed by atoms with Crippen molar-refractivity contribution in [2.45, 2.75) is 62.5 Å². The molecule has 2 aliphatic rings. The third kappa shape index (κ3) is 7.56. The molecule has 2 aliphatic heterocycles. The fourth-order valence-corrected chi connectivity index (χ4v) is 5.36. The number of aromatic amines is 1. The molecule has 8 N–H and O–H groups in total. The van der Waals surface area contributed by atoms with Crippen LogP contribution in [0.15, 0.2) is 20.9 Å². The molecular formula is C16H26N5O15P2+. The SMILES string of the molecule is Cc1cn([C@@H]2C[C@@H](OC3O[C@H](CN=[N+]=N)[C@@H](O)[C@H](O)[C@H]3O)[C@H](COP(=O)(O)OP(=O)(O)O)O2)c(=O)[nH]c1=O. The fourth-order valence-electron chi connectivity index (χ4n) is 3.76. The number of aliphatic hydroxyl groups excluding tert-OH is 3. The lowest BCUT2D eigenvalue weighted by Crippen LogP contribution is -2.59. The molecule has 0 bridgehead atoms. The molecule has 0 radical (unpaired) electrons. The minimum atomic E-state index is -5.43. The average Bonchev–Trinajstić information content (AvgIpc) is 3.20. The molecule has 38 heavy (non-hydrogen) atoms. The van der Waals surface area contributed by atoms with Crippen LogP contribution in [0.4, 0.5) is 0 Å². The normalized spacial score (nSPS) is 33.4. The van der Waals surface area contributed by atoms with E-state index >= 15 is 0 Å². The van der Waals surface area contributed by atoms with Crippen LogP contribution in [0.25, 0.3) is 0 Å². The van der Waals surface area contributed by atoms with Gasteiger partial charge in [0.1, 0.15) is 47.4 Å². The largest absolute Gasteiger partial charge is 0.481 e. The van der Waals surface area contributed by atoms with Crippen molar-refractivity contribution in [2.75, 3.05) is 13.2 Å². The van der Waals surface area contributed by atoms with Gasteiger partial charge in [0.25, 0.3) is 5.56 Å². The number of nitrogens with one attached hydrogen (secondary N) is 2. The van der Waals surface area contributed by atoms with Gasteiger partial charge < -0.3 is 44.2 Å². The minimum absolute atomic E-state index is 0.134. The summed E-state index contributed by atoms with van der Waals surface area (Å²) in [7, 11) is -10.7. The lowest BCUT2D eigenvalue weighted by atomic mass is 9.99. The van der Waals surface area contributed by atoms with Crippen molar-refractivity contribution >= 4 is 15.6 Å². The van der Waals surface area contributed by atoms with Gasteiger partial charge in [-0.2, -0.15) is 4.31 Å². The highest BCUT2D eigenvalue weighted by Crippen LogP contribution is 2.57. The summed E-state index contributed by atoms with van der Waals surface area (Å²) in [6.45, 7) is 0.133. The molecule has 9 atom stereocenters. The van der Waals surface area contributed by atoms with Crippen LogP contribution in [-0.4, -0.2) is 95.6 Å². The first-order chi connectivity index (χ1) is 17.6. The van der Waals surface area contributed by atoms with Gasteiger partial charge in [-0.1, -0.05) is 0 Å². The van der Waals surface area contributed by atoms with E-state index in [-0.39, 0.29) is 18.5 Å². The lowest BCUT2D eigenvalue weighted by Gasteiger charge is -2.40. The maximum Gasteiger partial charge on any atom is 0.481 e. The Labute approximate surface area is 211 Å². The van der Waals surface area contributed by atoms with Crippen molar-refractivity contribution in [3.8, 4) is 0 Å². The quantitative estimate of drug-likeness (QED) is 0.0770. The number of aromatic nitrogens is 2. The van der Waals surface area contributed by atoms with E-state index in [0.29, 0.717) is 0 Å². The van der Waals surface area contributed by atoms with Crippen molar-refractivity contribution in [3.05, 3.63) is 32.6 Å². The number of hydrogen-bond acceptors (Lipinski definition) is 14. The molecule has 0 amide bonds. The first kappa shape index (κ1) is 30.6. The summed E-state index contributed by atoms with van der Waals surface area (Å²) in [6.07, 6.45) is -11.0. The molecule has 1 aromatic heterocycles. The first-order valence-corrected chi connectivity index (χ1v) is 13.7. The molecule has 0 aliphatic carbocycles. The zero-order chi connectivity index (χ0) is 28.4. The zero-order valence-electron chi connectivity index (χ0n) is 19.4. The molecule has 2 saturated heterocycles. The van der Waals surface area contributed by atoms with Gasteiger partial charge in [0, 0.05) is 18.2 Å². The van der Waals surface area contributed by atoms with Gasteiger partial charge in [0.15, 0.2) is 12.8 Å². The number of phosphoric ester groups is 1. The molecule has 3 rings (SSSR count). The van der Waals surface area contributed by atoms with Crippen LogP contribution < -0.4 is 16.2 Å². The number of H-pyrrole nitrogens is 1. The molecule has 2 unspecified atom stereocenters. The Morgan fingerprint density at radius 3 is 2.47 bits per heavy atom. The van der Waals surface area contributed by atoms with Crippen molar-refractivity contribution in [3.63, 3.8) is 0 Å². The molecule has 1 aromatic rings. The molecule has 214 valence electrons. The predicted octanol–water partition coefficient (Wildman–Crippen LogP) is -2.90. The number of hydrogen-bond donors (Lipinski definition) is 8. The first-order valence-electron chi connectivity index (χ1n) is 10.7. The molecule has 3 heterocycles. The molecule has 0 saturated carbocycles. The Kier molecular flexibility index (Phi) is 9.67. The van der Waals surface area contributed by atoms with E-state index < -0.39 is 82.6 Å². The number of phosphoric acid groups is 2. The zero-order valence-corrected chi connectivity index (χ0v) is 21.2. The maximum absolute atomic E-state index is 12.3. The highest BCUT2D eigenvalue weighted by Gasteiger charge is 2.48. The minimum Gasteiger partial charge on any atom is -0.388 e. The molecule has 2 fully saturated rings.